The van der Waals surface area contributed by atoms with Gasteiger partial charge in [-0.2, -0.15) is 0 Å². The highest BCUT2D eigenvalue weighted by Gasteiger charge is 2.29. The van der Waals surface area contributed by atoms with Crippen molar-refractivity contribution in [3.05, 3.63) is 24.3 Å². The number of nitrogens with zero attached hydrogens (tertiary/aromatic N) is 8. The summed E-state index contributed by atoms with van der Waals surface area (Å²) in [4.78, 5) is 19.8. The van der Waals surface area contributed by atoms with Gasteiger partial charge in [0.15, 0.2) is 17.0 Å². The van der Waals surface area contributed by atoms with E-state index in [1.807, 2.05) is 6.07 Å². The third kappa shape index (κ3) is 2.81. The smallest absolute Gasteiger partial charge is 0.225 e. The van der Waals surface area contributed by atoms with Crippen molar-refractivity contribution in [2.75, 3.05) is 30.3 Å². The number of ether oxygens (including phenoxy) is 1. The van der Waals surface area contributed by atoms with Crippen molar-refractivity contribution in [3.63, 3.8) is 0 Å². The van der Waals surface area contributed by atoms with Crippen molar-refractivity contribution in [1.29, 1.82) is 0 Å². The van der Waals surface area contributed by atoms with Crippen LogP contribution < -0.4 is 10.6 Å². The highest BCUT2D eigenvalue weighted by molar-refractivity contribution is 5.80. The molecule has 1 unspecified atom stereocenters. The van der Waals surface area contributed by atoms with Crippen LogP contribution in [0.4, 0.5) is 11.8 Å². The second kappa shape index (κ2) is 6.13. The maximum atomic E-state index is 6.04. The van der Waals surface area contributed by atoms with Crippen LogP contribution in [0.2, 0.25) is 0 Å². The van der Waals surface area contributed by atoms with E-state index in [2.05, 4.69) is 35.1 Å². The van der Waals surface area contributed by atoms with Gasteiger partial charge in [-0.25, -0.2) is 24.6 Å². The van der Waals surface area contributed by atoms with Crippen LogP contribution in [0.3, 0.4) is 0 Å². The Labute approximate surface area is 149 Å². The van der Waals surface area contributed by atoms with Gasteiger partial charge in [-0.3, -0.25) is 0 Å². The number of aromatic nitrogens is 7. The Morgan fingerprint density at radius 2 is 2.04 bits per heavy atom. The van der Waals surface area contributed by atoms with E-state index < -0.39 is 0 Å². The Morgan fingerprint density at radius 1 is 1.19 bits per heavy atom. The molecule has 2 N–H and O–H groups in total. The zero-order valence-corrected chi connectivity index (χ0v) is 14.2. The van der Waals surface area contributed by atoms with E-state index in [1.54, 1.807) is 17.1 Å². The molecule has 4 heterocycles. The molecule has 10 nitrogen and oxygen atoms in total. The van der Waals surface area contributed by atoms with E-state index in [0.717, 1.165) is 25.2 Å². The van der Waals surface area contributed by atoms with Gasteiger partial charge in [0.25, 0.3) is 0 Å². The van der Waals surface area contributed by atoms with Crippen LogP contribution in [0.1, 0.15) is 24.6 Å². The molecule has 0 bridgehead atoms. The first-order chi connectivity index (χ1) is 12.8. The highest BCUT2D eigenvalue weighted by atomic mass is 16.5. The molecule has 0 spiro atoms. The molecule has 1 aliphatic heterocycles. The van der Waals surface area contributed by atoms with Crippen LogP contribution in [-0.2, 0) is 11.3 Å². The molecule has 134 valence electrons. The van der Waals surface area contributed by atoms with Gasteiger partial charge in [-0.1, -0.05) is 5.21 Å². The standard InChI is InChI=1S/C16H19N9O/c17-13-12-15(21-14(20-13)10-2-3-10)25(23-22-12)9-11-8-24(6-7-26-11)16-18-4-1-5-19-16/h1,4-5,10-11H,2-3,6-9H2,(H2,17,20,21). The molecule has 10 heteroatoms. The lowest BCUT2D eigenvalue weighted by Gasteiger charge is -2.32. The summed E-state index contributed by atoms with van der Waals surface area (Å²) in [5.41, 5.74) is 7.27. The molecule has 1 aliphatic carbocycles. The molecule has 26 heavy (non-hydrogen) atoms. The first-order valence-corrected chi connectivity index (χ1v) is 8.78. The van der Waals surface area contributed by atoms with Crippen LogP contribution in [-0.4, -0.2) is 60.7 Å². The normalized spacial score (nSPS) is 20.6. The van der Waals surface area contributed by atoms with Crippen LogP contribution in [0.25, 0.3) is 11.2 Å². The summed E-state index contributed by atoms with van der Waals surface area (Å²) in [7, 11) is 0. The lowest BCUT2D eigenvalue weighted by molar-refractivity contribution is 0.0272. The molecule has 3 aromatic heterocycles. The van der Waals surface area contributed by atoms with Crippen molar-refractivity contribution >= 4 is 22.9 Å². The first kappa shape index (κ1) is 15.4. The van der Waals surface area contributed by atoms with Gasteiger partial charge >= 0.3 is 0 Å². The minimum Gasteiger partial charge on any atom is -0.382 e. The molecule has 1 saturated heterocycles. The Hall–Kier alpha value is -2.88. The van der Waals surface area contributed by atoms with E-state index in [9.17, 15) is 0 Å². The molecule has 1 saturated carbocycles. The molecular formula is C16H19N9O. The number of anilines is 2. The molecule has 0 aromatic carbocycles. The third-order valence-corrected chi connectivity index (χ3v) is 4.70. The fourth-order valence-corrected chi connectivity index (χ4v) is 3.20. The quantitative estimate of drug-likeness (QED) is 0.709. The van der Waals surface area contributed by atoms with E-state index in [1.165, 1.54) is 0 Å². The van der Waals surface area contributed by atoms with Gasteiger partial charge in [-0.05, 0) is 18.9 Å². The van der Waals surface area contributed by atoms with Crippen molar-refractivity contribution in [3.8, 4) is 0 Å². The van der Waals surface area contributed by atoms with E-state index >= 15 is 0 Å². The summed E-state index contributed by atoms with van der Waals surface area (Å²) in [6.07, 6.45) is 5.67. The van der Waals surface area contributed by atoms with Gasteiger partial charge in [0.1, 0.15) is 5.82 Å². The number of fused-ring (bicyclic) bond motifs is 1. The summed E-state index contributed by atoms with van der Waals surface area (Å²) in [6.45, 7) is 2.60. The predicted octanol–water partition coefficient (Wildman–Crippen LogP) is 0.376. The molecule has 0 amide bonds. The molecule has 2 fully saturated rings. The lowest BCUT2D eigenvalue weighted by Crippen LogP contribution is -2.45. The third-order valence-electron chi connectivity index (χ3n) is 4.70. The Morgan fingerprint density at radius 3 is 2.85 bits per heavy atom. The van der Waals surface area contributed by atoms with Gasteiger partial charge in [0.2, 0.25) is 5.95 Å². The largest absolute Gasteiger partial charge is 0.382 e. The maximum absolute atomic E-state index is 6.04. The van der Waals surface area contributed by atoms with Crippen molar-refractivity contribution in [1.82, 2.24) is 34.9 Å². The average molecular weight is 353 g/mol. The first-order valence-electron chi connectivity index (χ1n) is 8.78. The minimum atomic E-state index is -0.0574. The van der Waals surface area contributed by atoms with Crippen LogP contribution in [0.15, 0.2) is 18.5 Å². The number of hydrogen-bond acceptors (Lipinski definition) is 9. The second-order valence-electron chi connectivity index (χ2n) is 6.67. The Kier molecular flexibility index (Phi) is 3.63. The summed E-state index contributed by atoms with van der Waals surface area (Å²) >= 11 is 0. The second-order valence-corrected chi connectivity index (χ2v) is 6.67. The maximum Gasteiger partial charge on any atom is 0.225 e. The van der Waals surface area contributed by atoms with Gasteiger partial charge in [0.05, 0.1) is 19.3 Å². The molecule has 5 rings (SSSR count). The van der Waals surface area contributed by atoms with Crippen molar-refractivity contribution in [2.45, 2.75) is 31.4 Å². The lowest BCUT2D eigenvalue weighted by atomic mass is 10.2. The zero-order chi connectivity index (χ0) is 17.5. The summed E-state index contributed by atoms with van der Waals surface area (Å²) in [5.74, 6) is 2.32. The van der Waals surface area contributed by atoms with E-state index in [4.69, 9.17) is 10.5 Å². The van der Waals surface area contributed by atoms with Crippen LogP contribution in [0, 0.1) is 0 Å². The van der Waals surface area contributed by atoms with Crippen molar-refractivity contribution in [2.24, 2.45) is 0 Å². The fraction of sp³-hybridized carbons (Fsp3) is 0.500. The van der Waals surface area contributed by atoms with E-state index in [-0.39, 0.29) is 6.10 Å². The summed E-state index contributed by atoms with van der Waals surface area (Å²) < 4.78 is 7.67. The highest BCUT2D eigenvalue weighted by Crippen LogP contribution is 2.38. The van der Waals surface area contributed by atoms with Crippen molar-refractivity contribution < 1.29 is 4.74 Å². The van der Waals surface area contributed by atoms with Crippen LogP contribution >= 0.6 is 0 Å². The number of nitrogens with two attached hydrogens (primary N) is 1. The molecule has 0 radical (unpaired) electrons. The minimum absolute atomic E-state index is 0.0574. The topological polar surface area (TPSA) is 121 Å². The number of hydrogen-bond donors (Lipinski definition) is 1. The number of rotatable bonds is 4. The van der Waals surface area contributed by atoms with Crippen LogP contribution in [0.5, 0.6) is 0 Å². The fourth-order valence-electron chi connectivity index (χ4n) is 3.20. The van der Waals surface area contributed by atoms with Gasteiger partial charge < -0.3 is 15.4 Å². The SMILES string of the molecule is Nc1nc(C2CC2)nc2c1nnn2CC1CN(c2ncccn2)CCO1. The monoisotopic (exact) mass is 353 g/mol. The summed E-state index contributed by atoms with van der Waals surface area (Å²) in [5, 5.41) is 8.37. The number of morpholine rings is 1. The molecule has 1 atom stereocenters. The number of nitrogen functional groups attached to an aromatic ring is 1. The molecular weight excluding hydrogens is 334 g/mol. The zero-order valence-electron chi connectivity index (χ0n) is 14.2. The average Bonchev–Trinajstić information content (AvgIpc) is 3.45. The molecule has 3 aromatic rings. The van der Waals surface area contributed by atoms with Gasteiger partial charge in [0, 0.05) is 31.4 Å². The molecule has 2 aliphatic rings. The summed E-state index contributed by atoms with van der Waals surface area (Å²) in [6, 6.07) is 1.81. The Bertz CT molecular complexity index is 924. The van der Waals surface area contributed by atoms with Gasteiger partial charge in [-0.15, -0.1) is 5.10 Å². The Balaban J connectivity index is 1.39. The predicted molar refractivity (Wildman–Crippen MR) is 93.5 cm³/mol. The van der Waals surface area contributed by atoms with E-state index in [0.29, 0.717) is 48.5 Å².